The molecule has 0 saturated heterocycles. The van der Waals surface area contributed by atoms with Crippen molar-refractivity contribution in [2.75, 3.05) is 31.0 Å². The predicted octanol–water partition coefficient (Wildman–Crippen LogP) is 4.09. The molecule has 7 nitrogen and oxygen atoms in total. The number of ketones is 1. The molecule has 3 rings (SSSR count). The zero-order valence-corrected chi connectivity index (χ0v) is 16.1. The first kappa shape index (κ1) is 19.6. The normalized spacial score (nSPS) is 13.0. The number of carbonyl (C=O) groups excluding carboxylic acids is 1. The van der Waals surface area contributed by atoms with Crippen LogP contribution in [0.25, 0.3) is 0 Å². The highest BCUT2D eigenvalue weighted by Crippen LogP contribution is 2.22. The van der Waals surface area contributed by atoms with Crippen LogP contribution >= 0.6 is 0 Å². The number of nitrogens with one attached hydrogen (secondary N) is 2. The monoisotopic (exact) mass is 380 g/mol. The van der Waals surface area contributed by atoms with Gasteiger partial charge in [0.05, 0.1) is 12.2 Å². The minimum atomic E-state index is -0.0907. The van der Waals surface area contributed by atoms with E-state index in [1.807, 2.05) is 30.3 Å². The van der Waals surface area contributed by atoms with Gasteiger partial charge in [0, 0.05) is 24.7 Å². The Morgan fingerprint density at radius 2 is 1.96 bits per heavy atom. The van der Waals surface area contributed by atoms with Crippen LogP contribution in [0.3, 0.4) is 0 Å². The fourth-order valence-corrected chi connectivity index (χ4v) is 2.64. The fraction of sp³-hybridized carbons (Fsp3) is 0.286. The molecule has 28 heavy (non-hydrogen) atoms. The van der Waals surface area contributed by atoms with E-state index in [4.69, 9.17) is 9.47 Å². The number of allylic oxidation sites excluding steroid dienone is 3. The molecule has 0 saturated carbocycles. The molecule has 0 radical (unpaired) electrons. The second kappa shape index (κ2) is 9.66. The Kier molecular flexibility index (Phi) is 6.75. The first-order chi connectivity index (χ1) is 13.7. The van der Waals surface area contributed by atoms with Crippen LogP contribution in [-0.4, -0.2) is 36.1 Å². The van der Waals surface area contributed by atoms with E-state index in [0.29, 0.717) is 30.5 Å². The van der Waals surface area contributed by atoms with Gasteiger partial charge in [0.25, 0.3) is 0 Å². The number of carbonyl (C=O) groups is 1. The molecular weight excluding hydrogens is 356 g/mol. The third-order valence-electron chi connectivity index (χ3n) is 4.09. The van der Waals surface area contributed by atoms with Gasteiger partial charge in [0.15, 0.2) is 5.78 Å². The van der Waals surface area contributed by atoms with Crippen molar-refractivity contribution in [1.82, 2.24) is 9.97 Å². The Balaban J connectivity index is 1.73. The van der Waals surface area contributed by atoms with Crippen molar-refractivity contribution in [3.63, 3.8) is 0 Å². The molecular formula is C21H24N4O3. The Morgan fingerprint density at radius 3 is 2.64 bits per heavy atom. The van der Waals surface area contributed by atoms with E-state index in [1.54, 1.807) is 7.11 Å². The first-order valence-electron chi connectivity index (χ1n) is 9.16. The zero-order chi connectivity index (χ0) is 19.8. The lowest BCUT2D eigenvalue weighted by molar-refractivity contribution is 0.101. The summed E-state index contributed by atoms with van der Waals surface area (Å²) in [7, 11) is 1.64. The average molecular weight is 380 g/mol. The van der Waals surface area contributed by atoms with Gasteiger partial charge in [-0.05, 0) is 50.1 Å². The molecule has 1 aliphatic rings. The molecule has 146 valence electrons. The quantitative estimate of drug-likeness (QED) is 0.500. The van der Waals surface area contributed by atoms with Gasteiger partial charge in [-0.25, -0.2) is 4.98 Å². The third kappa shape index (κ3) is 5.40. The highest BCUT2D eigenvalue weighted by Gasteiger charge is 2.13. The SMILES string of the molecule is COCCOc1ccc(Nc2ncc(C(C)=O)c(NC3=CCCC=C3)n2)cc1. The molecule has 0 bridgehead atoms. The van der Waals surface area contributed by atoms with Crippen molar-refractivity contribution >= 4 is 23.2 Å². The lowest BCUT2D eigenvalue weighted by atomic mass is 10.1. The maximum Gasteiger partial charge on any atom is 0.229 e. The van der Waals surface area contributed by atoms with E-state index in [1.165, 1.54) is 13.1 Å². The Morgan fingerprint density at radius 1 is 1.14 bits per heavy atom. The van der Waals surface area contributed by atoms with Crippen molar-refractivity contribution in [1.29, 1.82) is 0 Å². The summed E-state index contributed by atoms with van der Waals surface area (Å²) >= 11 is 0. The summed E-state index contributed by atoms with van der Waals surface area (Å²) in [5, 5.41) is 6.38. The van der Waals surface area contributed by atoms with Gasteiger partial charge in [-0.2, -0.15) is 4.98 Å². The minimum absolute atomic E-state index is 0.0907. The highest BCUT2D eigenvalue weighted by atomic mass is 16.5. The van der Waals surface area contributed by atoms with Crippen LogP contribution in [-0.2, 0) is 4.74 Å². The van der Waals surface area contributed by atoms with Crippen molar-refractivity contribution in [2.24, 2.45) is 0 Å². The van der Waals surface area contributed by atoms with E-state index in [2.05, 4.69) is 32.8 Å². The lowest BCUT2D eigenvalue weighted by Gasteiger charge is -2.14. The van der Waals surface area contributed by atoms with Crippen LogP contribution in [0.15, 0.2) is 54.4 Å². The maximum absolute atomic E-state index is 11.9. The molecule has 0 unspecified atom stereocenters. The molecule has 1 aromatic heterocycles. The van der Waals surface area contributed by atoms with E-state index in [0.717, 1.165) is 30.0 Å². The van der Waals surface area contributed by atoms with Crippen LogP contribution in [0, 0.1) is 0 Å². The number of rotatable bonds is 9. The number of nitrogens with zero attached hydrogens (tertiary/aromatic N) is 2. The van der Waals surface area contributed by atoms with Gasteiger partial charge < -0.3 is 20.1 Å². The number of Topliss-reactive ketones (excluding diaryl/α,β-unsaturated/α-hetero) is 1. The minimum Gasteiger partial charge on any atom is -0.491 e. The molecule has 2 N–H and O–H groups in total. The van der Waals surface area contributed by atoms with Gasteiger partial charge in [0.2, 0.25) is 5.95 Å². The van der Waals surface area contributed by atoms with Gasteiger partial charge in [-0.1, -0.05) is 12.2 Å². The molecule has 0 aliphatic heterocycles. The van der Waals surface area contributed by atoms with E-state index in [-0.39, 0.29) is 5.78 Å². The number of aromatic nitrogens is 2. The van der Waals surface area contributed by atoms with Crippen LogP contribution in [0.4, 0.5) is 17.5 Å². The number of hydrogen-bond acceptors (Lipinski definition) is 7. The summed E-state index contributed by atoms with van der Waals surface area (Å²) in [4.78, 5) is 20.7. The van der Waals surface area contributed by atoms with Crippen molar-refractivity contribution in [3.8, 4) is 5.75 Å². The maximum atomic E-state index is 11.9. The molecule has 0 amide bonds. The predicted molar refractivity (Wildman–Crippen MR) is 109 cm³/mol. The molecule has 0 atom stereocenters. The summed E-state index contributed by atoms with van der Waals surface area (Å²) in [6.45, 7) is 2.54. The van der Waals surface area contributed by atoms with Crippen LogP contribution in [0.5, 0.6) is 5.75 Å². The van der Waals surface area contributed by atoms with E-state index >= 15 is 0 Å². The Hall–Kier alpha value is -3.19. The van der Waals surface area contributed by atoms with E-state index in [9.17, 15) is 4.79 Å². The average Bonchev–Trinajstić information content (AvgIpc) is 2.70. The van der Waals surface area contributed by atoms with Gasteiger partial charge in [0.1, 0.15) is 18.2 Å². The molecule has 2 aromatic rings. The number of benzene rings is 1. The van der Waals surface area contributed by atoms with Crippen LogP contribution < -0.4 is 15.4 Å². The van der Waals surface area contributed by atoms with Gasteiger partial charge >= 0.3 is 0 Å². The van der Waals surface area contributed by atoms with Crippen LogP contribution in [0.1, 0.15) is 30.1 Å². The summed E-state index contributed by atoms with van der Waals surface area (Å²) in [6.07, 6.45) is 9.68. The Bertz CT molecular complexity index is 876. The molecule has 0 spiro atoms. The second-order valence-corrected chi connectivity index (χ2v) is 6.27. The zero-order valence-electron chi connectivity index (χ0n) is 16.1. The van der Waals surface area contributed by atoms with Crippen molar-refractivity contribution in [3.05, 3.63) is 60.0 Å². The third-order valence-corrected chi connectivity index (χ3v) is 4.09. The highest BCUT2D eigenvalue weighted by molar-refractivity contribution is 5.98. The standard InChI is InChI=1S/C21H24N4O3/c1-15(26)19-14-22-21(25-20(19)23-16-6-4-3-5-7-16)24-17-8-10-18(11-9-17)28-13-12-27-2/h4,6-11,14H,3,5,12-13H2,1-2H3,(H2,22,23,24,25). The molecule has 7 heteroatoms. The number of hydrogen-bond donors (Lipinski definition) is 2. The summed E-state index contributed by atoms with van der Waals surface area (Å²) in [6, 6.07) is 7.48. The number of anilines is 3. The Labute approximate surface area is 164 Å². The molecule has 1 aliphatic carbocycles. The molecule has 1 aromatic carbocycles. The van der Waals surface area contributed by atoms with Crippen molar-refractivity contribution in [2.45, 2.75) is 19.8 Å². The van der Waals surface area contributed by atoms with E-state index < -0.39 is 0 Å². The first-order valence-corrected chi connectivity index (χ1v) is 9.16. The lowest BCUT2D eigenvalue weighted by Crippen LogP contribution is -2.10. The molecule has 1 heterocycles. The second-order valence-electron chi connectivity index (χ2n) is 6.27. The van der Waals surface area contributed by atoms with Gasteiger partial charge in [-0.3, -0.25) is 4.79 Å². The summed E-state index contributed by atoms with van der Waals surface area (Å²) < 4.78 is 10.5. The van der Waals surface area contributed by atoms with Crippen LogP contribution in [0.2, 0.25) is 0 Å². The topological polar surface area (TPSA) is 85.4 Å². The summed E-state index contributed by atoms with van der Waals surface area (Å²) in [5.74, 6) is 1.56. The number of methoxy groups -OCH3 is 1. The van der Waals surface area contributed by atoms with Crippen molar-refractivity contribution < 1.29 is 14.3 Å². The smallest absolute Gasteiger partial charge is 0.229 e. The molecule has 0 fully saturated rings. The number of ether oxygens (including phenoxy) is 2. The largest absolute Gasteiger partial charge is 0.491 e. The fourth-order valence-electron chi connectivity index (χ4n) is 2.64. The summed E-state index contributed by atoms with van der Waals surface area (Å²) in [5.41, 5.74) is 2.20. The van der Waals surface area contributed by atoms with Gasteiger partial charge in [-0.15, -0.1) is 0 Å².